The van der Waals surface area contributed by atoms with Crippen molar-refractivity contribution in [2.24, 2.45) is 22.7 Å². The van der Waals surface area contributed by atoms with Crippen molar-refractivity contribution in [2.75, 3.05) is 0 Å². The number of ether oxygens (including phenoxy) is 2. The molecule has 1 saturated heterocycles. The van der Waals surface area contributed by atoms with Gasteiger partial charge in [0.05, 0.1) is 6.10 Å². The van der Waals surface area contributed by atoms with Gasteiger partial charge in [-0.1, -0.05) is 19.4 Å². The molecule has 0 N–H and O–H groups in total. The van der Waals surface area contributed by atoms with Gasteiger partial charge >= 0.3 is 5.97 Å². The molecule has 152 valence electrons. The molecule has 1 spiro atoms. The number of hydrogen-bond donors (Lipinski definition) is 0. The van der Waals surface area contributed by atoms with Gasteiger partial charge in [-0.2, -0.15) is 0 Å². The summed E-state index contributed by atoms with van der Waals surface area (Å²) in [6, 6.07) is 0. The van der Waals surface area contributed by atoms with Crippen molar-refractivity contribution in [3.05, 3.63) is 11.6 Å². The lowest BCUT2D eigenvalue weighted by molar-refractivity contribution is -0.184. The number of epoxide rings is 1. The van der Waals surface area contributed by atoms with Gasteiger partial charge in [-0.05, 0) is 63.4 Å². The number of rotatable bonds is 2. The number of carbonyl (C=O) groups excluding carboxylic acids is 3. The summed E-state index contributed by atoms with van der Waals surface area (Å²) in [5.74, 6) is 0.476. The Morgan fingerprint density at radius 3 is 2.54 bits per heavy atom. The van der Waals surface area contributed by atoms with Crippen LogP contribution < -0.4 is 0 Å². The van der Waals surface area contributed by atoms with Gasteiger partial charge in [-0.3, -0.25) is 14.4 Å². The maximum Gasteiger partial charge on any atom is 0.303 e. The van der Waals surface area contributed by atoms with Crippen LogP contribution in [-0.2, 0) is 23.9 Å². The van der Waals surface area contributed by atoms with Crippen LogP contribution in [0.3, 0.4) is 0 Å². The first-order chi connectivity index (χ1) is 13.1. The summed E-state index contributed by atoms with van der Waals surface area (Å²) in [7, 11) is 0. The summed E-state index contributed by atoms with van der Waals surface area (Å²) < 4.78 is 12.4. The third kappa shape index (κ3) is 1.90. The quantitative estimate of drug-likeness (QED) is 0.536. The average molecular weight is 386 g/mol. The fourth-order valence-corrected chi connectivity index (χ4v) is 8.07. The lowest BCUT2D eigenvalue weighted by Crippen LogP contribution is -2.62. The molecule has 0 aromatic rings. The summed E-state index contributed by atoms with van der Waals surface area (Å²) in [4.78, 5) is 36.8. The Morgan fingerprint density at radius 1 is 1.11 bits per heavy atom. The molecule has 5 nitrogen and oxygen atoms in total. The Kier molecular flexibility index (Phi) is 3.54. The Bertz CT molecular complexity index is 829. The fraction of sp³-hybridized carbons (Fsp3) is 0.783. The van der Waals surface area contributed by atoms with Crippen molar-refractivity contribution in [3.63, 3.8) is 0 Å². The summed E-state index contributed by atoms with van der Waals surface area (Å²) >= 11 is 0. The number of carbonyl (C=O) groups is 3. The van der Waals surface area contributed by atoms with Gasteiger partial charge < -0.3 is 9.47 Å². The molecule has 4 aliphatic carbocycles. The van der Waals surface area contributed by atoms with E-state index in [0.29, 0.717) is 24.7 Å². The SMILES string of the molecule is CC(=O)O[C@]1(C(C)=O)CC[C@H]2[C@@H]3CCC4=CC(=O)CC[C@]4(C)[C@]34O[C@@H]4C[C@@]21C. The highest BCUT2D eigenvalue weighted by molar-refractivity contribution is 5.92. The number of Topliss-reactive ketones (excluding diaryl/α,β-unsaturated/α-hetero) is 1. The first-order valence-electron chi connectivity index (χ1n) is 10.7. The second kappa shape index (κ2) is 5.35. The number of fused-ring (bicyclic) bond motifs is 3. The monoisotopic (exact) mass is 386 g/mol. The second-order valence-corrected chi connectivity index (χ2v) is 10.3. The van der Waals surface area contributed by atoms with E-state index in [9.17, 15) is 14.4 Å². The molecule has 0 aromatic heterocycles. The predicted molar refractivity (Wildman–Crippen MR) is 101 cm³/mol. The highest BCUT2D eigenvalue weighted by atomic mass is 16.6. The van der Waals surface area contributed by atoms with Crippen LogP contribution in [0.4, 0.5) is 0 Å². The smallest absolute Gasteiger partial charge is 0.303 e. The predicted octanol–water partition coefficient (Wildman–Crippen LogP) is 3.54. The van der Waals surface area contributed by atoms with E-state index in [2.05, 4.69) is 13.8 Å². The molecule has 5 rings (SSSR count). The van der Waals surface area contributed by atoms with Crippen LogP contribution >= 0.6 is 0 Å². The van der Waals surface area contributed by atoms with Crippen LogP contribution in [0.2, 0.25) is 0 Å². The Balaban J connectivity index is 1.57. The molecule has 1 heterocycles. The van der Waals surface area contributed by atoms with Crippen molar-refractivity contribution in [3.8, 4) is 0 Å². The zero-order valence-electron chi connectivity index (χ0n) is 17.3. The summed E-state index contributed by atoms with van der Waals surface area (Å²) in [6.45, 7) is 7.42. The molecule has 0 bridgehead atoms. The molecule has 0 amide bonds. The van der Waals surface area contributed by atoms with Crippen LogP contribution in [0.5, 0.6) is 0 Å². The topological polar surface area (TPSA) is 73.0 Å². The van der Waals surface area contributed by atoms with Gasteiger partial charge in [0.2, 0.25) is 0 Å². The van der Waals surface area contributed by atoms with Gasteiger partial charge in [-0.15, -0.1) is 0 Å². The number of ketones is 2. The molecule has 5 heteroatoms. The third-order valence-corrected chi connectivity index (χ3v) is 9.34. The molecule has 5 aliphatic rings. The zero-order chi connectivity index (χ0) is 20.1. The molecule has 28 heavy (non-hydrogen) atoms. The fourth-order valence-electron chi connectivity index (χ4n) is 8.07. The molecule has 1 aliphatic heterocycles. The van der Waals surface area contributed by atoms with E-state index in [1.165, 1.54) is 12.5 Å². The van der Waals surface area contributed by atoms with E-state index in [4.69, 9.17) is 9.47 Å². The molecule has 4 fully saturated rings. The van der Waals surface area contributed by atoms with E-state index in [1.54, 1.807) is 6.92 Å². The minimum atomic E-state index is -1.03. The normalized spacial score (nSPS) is 51.2. The van der Waals surface area contributed by atoms with Gasteiger partial charge in [0.25, 0.3) is 0 Å². The van der Waals surface area contributed by atoms with Crippen molar-refractivity contribution < 1.29 is 23.9 Å². The van der Waals surface area contributed by atoms with Crippen molar-refractivity contribution in [1.29, 1.82) is 0 Å². The minimum Gasteiger partial charge on any atom is -0.451 e. The third-order valence-electron chi connectivity index (χ3n) is 9.34. The number of esters is 1. The van der Waals surface area contributed by atoms with E-state index < -0.39 is 5.60 Å². The Morgan fingerprint density at radius 2 is 1.86 bits per heavy atom. The lowest BCUT2D eigenvalue weighted by atomic mass is 9.46. The average Bonchev–Trinajstić information content (AvgIpc) is 3.25. The molecule has 0 radical (unpaired) electrons. The maximum atomic E-state index is 12.8. The van der Waals surface area contributed by atoms with Crippen LogP contribution in [0.1, 0.15) is 72.6 Å². The summed E-state index contributed by atoms with van der Waals surface area (Å²) in [5.41, 5.74) is -0.436. The molecular formula is C23H30O5. The van der Waals surface area contributed by atoms with E-state index in [0.717, 1.165) is 32.1 Å². The van der Waals surface area contributed by atoms with Crippen molar-refractivity contribution >= 4 is 17.5 Å². The molecule has 0 unspecified atom stereocenters. The Hall–Kier alpha value is -1.49. The summed E-state index contributed by atoms with van der Waals surface area (Å²) in [5, 5.41) is 0. The van der Waals surface area contributed by atoms with E-state index in [1.807, 2.05) is 6.08 Å². The maximum absolute atomic E-state index is 12.8. The van der Waals surface area contributed by atoms with Crippen LogP contribution in [-0.4, -0.2) is 34.8 Å². The van der Waals surface area contributed by atoms with Crippen LogP contribution in [0.15, 0.2) is 11.6 Å². The molecule has 3 saturated carbocycles. The molecule has 0 aromatic carbocycles. The second-order valence-electron chi connectivity index (χ2n) is 10.3. The number of hydrogen-bond acceptors (Lipinski definition) is 5. The first-order valence-corrected chi connectivity index (χ1v) is 10.7. The van der Waals surface area contributed by atoms with Crippen molar-refractivity contribution in [2.45, 2.75) is 89.9 Å². The highest BCUT2D eigenvalue weighted by Gasteiger charge is 2.81. The molecule has 7 atom stereocenters. The van der Waals surface area contributed by atoms with Gasteiger partial charge in [0.1, 0.15) is 5.60 Å². The Labute approximate surface area is 166 Å². The highest BCUT2D eigenvalue weighted by Crippen LogP contribution is 2.76. The zero-order valence-corrected chi connectivity index (χ0v) is 17.3. The summed E-state index contributed by atoms with van der Waals surface area (Å²) in [6.07, 6.45) is 7.57. The van der Waals surface area contributed by atoms with E-state index >= 15 is 0 Å². The van der Waals surface area contributed by atoms with Crippen LogP contribution in [0, 0.1) is 22.7 Å². The minimum absolute atomic E-state index is 0.0354. The van der Waals surface area contributed by atoms with Crippen molar-refractivity contribution in [1.82, 2.24) is 0 Å². The van der Waals surface area contributed by atoms with Gasteiger partial charge in [-0.25, -0.2) is 0 Å². The van der Waals surface area contributed by atoms with E-state index in [-0.39, 0.29) is 40.1 Å². The lowest BCUT2D eigenvalue weighted by Gasteiger charge is -2.56. The van der Waals surface area contributed by atoms with Gasteiger partial charge in [0.15, 0.2) is 17.2 Å². The molecular weight excluding hydrogens is 356 g/mol. The largest absolute Gasteiger partial charge is 0.451 e. The van der Waals surface area contributed by atoms with Gasteiger partial charge in [0, 0.05) is 24.2 Å². The standard InChI is InChI=1S/C23H30O5/c1-13(24)22(27-14(2)25)10-8-17-18-6-5-15-11-16(26)7-9-20(15,3)23(18)19(28-23)12-21(17,22)4/h11,17-19H,5-10,12H2,1-4H3/t17-,18-,19+,20-,21-,22-,23-/m0/s1. The van der Waals surface area contributed by atoms with Crippen LogP contribution in [0.25, 0.3) is 0 Å². The first kappa shape index (κ1) is 18.5.